The molecule has 0 fully saturated rings. The van der Waals surface area contributed by atoms with E-state index in [1.807, 2.05) is 18.2 Å². The van der Waals surface area contributed by atoms with Crippen molar-refractivity contribution in [3.63, 3.8) is 0 Å². The molecule has 2 aromatic carbocycles. The molecule has 0 aliphatic heterocycles. The summed E-state index contributed by atoms with van der Waals surface area (Å²) in [6.07, 6.45) is 3.65. The Morgan fingerprint density at radius 2 is 2.04 bits per heavy atom. The number of fused-ring (bicyclic) bond motifs is 1. The molecule has 0 bridgehead atoms. The summed E-state index contributed by atoms with van der Waals surface area (Å²) in [6, 6.07) is 13.4. The van der Waals surface area contributed by atoms with E-state index in [9.17, 15) is 4.79 Å². The van der Waals surface area contributed by atoms with Gasteiger partial charge in [0.1, 0.15) is 0 Å². The van der Waals surface area contributed by atoms with Gasteiger partial charge in [0.2, 0.25) is 5.82 Å². The maximum Gasteiger partial charge on any atom is 0.310 e. The fourth-order valence-electron chi connectivity index (χ4n) is 3.15. The lowest BCUT2D eigenvalue weighted by molar-refractivity contribution is -0.144. The zero-order valence-corrected chi connectivity index (χ0v) is 14.8. The Bertz CT molecular complexity index is 952. The number of esters is 1. The van der Waals surface area contributed by atoms with Crippen molar-refractivity contribution in [3.8, 4) is 11.4 Å². The van der Waals surface area contributed by atoms with Crippen LogP contribution in [-0.2, 0) is 35.4 Å². The Morgan fingerprint density at radius 3 is 2.92 bits per heavy atom. The van der Waals surface area contributed by atoms with Crippen molar-refractivity contribution < 1.29 is 14.1 Å². The predicted molar refractivity (Wildman–Crippen MR) is 96.7 cm³/mol. The first-order valence-corrected chi connectivity index (χ1v) is 8.90. The third kappa shape index (κ3) is 3.78. The molecule has 0 amide bonds. The van der Waals surface area contributed by atoms with Gasteiger partial charge in [0.25, 0.3) is 5.89 Å². The van der Waals surface area contributed by atoms with Crippen molar-refractivity contribution >= 4 is 17.6 Å². The van der Waals surface area contributed by atoms with E-state index in [0.29, 0.717) is 10.8 Å². The number of hydrogen-bond acceptors (Lipinski definition) is 5. The van der Waals surface area contributed by atoms with Gasteiger partial charge in [0.05, 0.1) is 6.42 Å². The fourth-order valence-corrected chi connectivity index (χ4v) is 3.34. The van der Waals surface area contributed by atoms with E-state index in [1.165, 1.54) is 17.5 Å². The average molecular weight is 369 g/mol. The fraction of sp³-hybridized carbons (Fsp3) is 0.250. The molecule has 1 aliphatic rings. The van der Waals surface area contributed by atoms with E-state index in [-0.39, 0.29) is 24.9 Å². The van der Waals surface area contributed by atoms with E-state index in [4.69, 9.17) is 20.9 Å². The van der Waals surface area contributed by atoms with E-state index in [2.05, 4.69) is 22.3 Å². The first-order chi connectivity index (χ1) is 12.7. The topological polar surface area (TPSA) is 65.2 Å². The Morgan fingerprint density at radius 1 is 1.15 bits per heavy atom. The molecule has 1 aliphatic carbocycles. The van der Waals surface area contributed by atoms with Crippen LogP contribution in [-0.4, -0.2) is 16.1 Å². The summed E-state index contributed by atoms with van der Waals surface area (Å²) < 4.78 is 10.4. The molecule has 132 valence electrons. The summed E-state index contributed by atoms with van der Waals surface area (Å²) in [7, 11) is 0. The molecule has 0 atom stereocenters. The van der Waals surface area contributed by atoms with E-state index in [1.54, 1.807) is 12.1 Å². The largest absolute Gasteiger partial charge is 0.455 e. The predicted octanol–water partition coefficient (Wildman–Crippen LogP) is 4.16. The van der Waals surface area contributed by atoms with Crippen molar-refractivity contribution in [3.05, 3.63) is 70.1 Å². The van der Waals surface area contributed by atoms with E-state index >= 15 is 0 Å². The molecule has 4 rings (SSSR count). The highest BCUT2D eigenvalue weighted by atomic mass is 35.5. The molecule has 1 heterocycles. The number of aromatic nitrogens is 2. The number of aryl methyl sites for hydroxylation is 2. The number of carbonyl (C=O) groups excluding carboxylic acids is 1. The summed E-state index contributed by atoms with van der Waals surface area (Å²) >= 11 is 5.96. The summed E-state index contributed by atoms with van der Waals surface area (Å²) in [5, 5.41) is 4.48. The molecule has 0 saturated carbocycles. The van der Waals surface area contributed by atoms with Crippen LogP contribution in [0.4, 0.5) is 0 Å². The van der Waals surface area contributed by atoms with Crippen LogP contribution in [0.3, 0.4) is 0 Å². The van der Waals surface area contributed by atoms with Crippen molar-refractivity contribution in [2.45, 2.75) is 32.3 Å². The molecule has 0 N–H and O–H groups in total. The first-order valence-electron chi connectivity index (χ1n) is 8.52. The number of rotatable bonds is 5. The highest BCUT2D eigenvalue weighted by Gasteiger charge is 2.14. The molecule has 0 unspecified atom stereocenters. The minimum Gasteiger partial charge on any atom is -0.455 e. The normalized spacial score (nSPS) is 12.8. The Labute approximate surface area is 155 Å². The van der Waals surface area contributed by atoms with Crippen LogP contribution in [0, 0.1) is 0 Å². The number of halogens is 1. The van der Waals surface area contributed by atoms with Crippen LogP contribution in [0.15, 0.2) is 47.0 Å². The van der Waals surface area contributed by atoms with Crippen molar-refractivity contribution in [2.75, 3.05) is 0 Å². The molecular weight excluding hydrogens is 352 g/mol. The first kappa shape index (κ1) is 16.8. The smallest absolute Gasteiger partial charge is 0.310 e. The molecule has 0 radical (unpaired) electrons. The molecule has 6 heteroatoms. The molecule has 5 nitrogen and oxygen atoms in total. The highest BCUT2D eigenvalue weighted by Crippen LogP contribution is 2.23. The second kappa shape index (κ2) is 7.30. The SMILES string of the molecule is O=C(Cc1ccc2c(c1)CCC2)OCc1nc(-c2cccc(Cl)c2)no1. The molecule has 0 spiro atoms. The lowest BCUT2D eigenvalue weighted by Crippen LogP contribution is -2.08. The molecule has 1 aromatic heterocycles. The number of ether oxygens (including phenoxy) is 1. The van der Waals surface area contributed by atoms with Gasteiger partial charge < -0.3 is 9.26 Å². The zero-order valence-electron chi connectivity index (χ0n) is 14.1. The molecular formula is C20H17ClN2O3. The Balaban J connectivity index is 1.35. The Kier molecular flexibility index (Phi) is 4.71. The second-order valence-electron chi connectivity index (χ2n) is 6.32. The van der Waals surface area contributed by atoms with Gasteiger partial charge in [-0.2, -0.15) is 4.98 Å². The monoisotopic (exact) mass is 368 g/mol. The second-order valence-corrected chi connectivity index (χ2v) is 6.75. The average Bonchev–Trinajstić information content (AvgIpc) is 3.29. The van der Waals surface area contributed by atoms with Gasteiger partial charge in [-0.3, -0.25) is 4.79 Å². The standard InChI is InChI=1S/C20H17ClN2O3/c21-17-6-2-5-16(11-17)20-22-18(26-23-20)12-25-19(24)10-13-7-8-14-3-1-4-15(14)9-13/h2,5-9,11H,1,3-4,10,12H2. The van der Waals surface area contributed by atoms with E-state index < -0.39 is 0 Å². The molecule has 26 heavy (non-hydrogen) atoms. The van der Waals surface area contributed by atoms with Crippen LogP contribution in [0.2, 0.25) is 5.02 Å². The molecule has 3 aromatic rings. The van der Waals surface area contributed by atoms with Gasteiger partial charge in [-0.15, -0.1) is 0 Å². The van der Waals surface area contributed by atoms with Gasteiger partial charge in [-0.25, -0.2) is 0 Å². The summed E-state index contributed by atoms with van der Waals surface area (Å²) in [5.41, 5.74) is 4.46. The zero-order chi connectivity index (χ0) is 17.9. The minimum atomic E-state index is -0.314. The summed E-state index contributed by atoms with van der Waals surface area (Å²) in [4.78, 5) is 16.3. The van der Waals surface area contributed by atoms with Gasteiger partial charge in [0, 0.05) is 10.6 Å². The molecule has 0 saturated heterocycles. The maximum absolute atomic E-state index is 12.1. The number of nitrogens with zero attached hydrogens (tertiary/aromatic N) is 2. The van der Waals surface area contributed by atoms with Crippen molar-refractivity contribution in [1.29, 1.82) is 0 Å². The van der Waals surface area contributed by atoms with Crippen molar-refractivity contribution in [1.82, 2.24) is 10.1 Å². The van der Waals surface area contributed by atoms with Crippen LogP contribution in [0.1, 0.15) is 29.0 Å². The quantitative estimate of drug-likeness (QED) is 0.632. The van der Waals surface area contributed by atoms with Crippen molar-refractivity contribution in [2.24, 2.45) is 0 Å². The van der Waals surface area contributed by atoms with Gasteiger partial charge >= 0.3 is 5.97 Å². The lowest BCUT2D eigenvalue weighted by atomic mass is 10.0. The maximum atomic E-state index is 12.1. The van der Waals surface area contributed by atoms with Crippen LogP contribution < -0.4 is 0 Å². The Hall–Kier alpha value is -2.66. The number of benzene rings is 2. The highest BCUT2D eigenvalue weighted by molar-refractivity contribution is 6.30. The number of hydrogen-bond donors (Lipinski definition) is 0. The number of carbonyl (C=O) groups is 1. The minimum absolute atomic E-state index is 0.0443. The lowest BCUT2D eigenvalue weighted by Gasteiger charge is -2.05. The van der Waals surface area contributed by atoms with E-state index in [0.717, 1.165) is 24.0 Å². The van der Waals surface area contributed by atoms with Gasteiger partial charge in [0.15, 0.2) is 6.61 Å². The van der Waals surface area contributed by atoms with Crippen LogP contribution >= 0.6 is 11.6 Å². The van der Waals surface area contributed by atoms with Gasteiger partial charge in [-0.05, 0) is 48.1 Å². The summed E-state index contributed by atoms with van der Waals surface area (Å²) in [6.45, 7) is -0.0443. The van der Waals surface area contributed by atoms with Crippen LogP contribution in [0.5, 0.6) is 0 Å². The summed E-state index contributed by atoms with van der Waals surface area (Å²) in [5.74, 6) is 0.352. The van der Waals surface area contributed by atoms with Crippen LogP contribution in [0.25, 0.3) is 11.4 Å². The third-order valence-electron chi connectivity index (χ3n) is 4.42. The van der Waals surface area contributed by atoms with Gasteiger partial charge in [-0.1, -0.05) is 47.1 Å². The third-order valence-corrected chi connectivity index (χ3v) is 4.65.